The third-order valence-corrected chi connectivity index (χ3v) is 2.94. The van der Waals surface area contributed by atoms with Gasteiger partial charge in [-0.1, -0.05) is 20.8 Å². The van der Waals surface area contributed by atoms with E-state index in [9.17, 15) is 9.59 Å². The smallest absolute Gasteiger partial charge is 0.186 e. The van der Waals surface area contributed by atoms with Crippen molar-refractivity contribution in [1.82, 2.24) is 0 Å². The van der Waals surface area contributed by atoms with Crippen molar-refractivity contribution in [2.75, 3.05) is 0 Å². The Bertz CT molecular complexity index is 401. The highest BCUT2D eigenvalue weighted by Crippen LogP contribution is 2.35. The summed E-state index contributed by atoms with van der Waals surface area (Å²) in [6, 6.07) is 0. The third kappa shape index (κ3) is 1.81. The molecule has 0 aromatic carbocycles. The van der Waals surface area contributed by atoms with E-state index in [0.717, 1.165) is 0 Å². The highest BCUT2D eigenvalue weighted by Gasteiger charge is 2.34. The minimum Gasteiger partial charge on any atom is -0.289 e. The highest BCUT2D eigenvalue weighted by atomic mass is 16.1. The van der Waals surface area contributed by atoms with Crippen molar-refractivity contribution in [3.05, 3.63) is 22.3 Å². The monoisotopic (exact) mass is 206 g/mol. The fourth-order valence-corrected chi connectivity index (χ4v) is 2.00. The number of Topliss-reactive ketones (excluding diaryl/α,β-unsaturated/α-hetero) is 2. The Labute approximate surface area is 91.1 Å². The summed E-state index contributed by atoms with van der Waals surface area (Å²) in [6.45, 7) is 11.1. The molecule has 0 saturated carbocycles. The Morgan fingerprint density at radius 3 is 1.53 bits per heavy atom. The first-order chi connectivity index (χ1) is 6.68. The van der Waals surface area contributed by atoms with E-state index in [4.69, 9.17) is 0 Å². The maximum absolute atomic E-state index is 12.1. The Morgan fingerprint density at radius 1 is 0.733 bits per heavy atom. The molecule has 2 nitrogen and oxygen atoms in total. The standard InChI is InChI=1S/C13H18O2/c1-7-8(2)12(15)10(13(4,5)6)9(3)11(7)14/h1-6H3. The third-order valence-electron chi connectivity index (χ3n) is 2.94. The highest BCUT2D eigenvalue weighted by molar-refractivity contribution is 6.24. The first-order valence-corrected chi connectivity index (χ1v) is 5.16. The van der Waals surface area contributed by atoms with Crippen molar-refractivity contribution in [2.45, 2.75) is 41.5 Å². The fourth-order valence-electron chi connectivity index (χ4n) is 2.00. The second-order valence-corrected chi connectivity index (χ2v) is 5.16. The van der Waals surface area contributed by atoms with E-state index in [0.29, 0.717) is 22.3 Å². The van der Waals surface area contributed by atoms with Crippen LogP contribution in [-0.4, -0.2) is 11.6 Å². The van der Waals surface area contributed by atoms with Crippen LogP contribution >= 0.6 is 0 Å². The van der Waals surface area contributed by atoms with Crippen LogP contribution in [0.25, 0.3) is 0 Å². The van der Waals surface area contributed by atoms with Crippen LogP contribution in [0.3, 0.4) is 0 Å². The summed E-state index contributed by atoms with van der Waals surface area (Å²) in [5, 5.41) is 0. The van der Waals surface area contributed by atoms with Gasteiger partial charge in [-0.05, 0) is 26.2 Å². The van der Waals surface area contributed by atoms with Gasteiger partial charge >= 0.3 is 0 Å². The Kier molecular flexibility index (Phi) is 2.73. The molecule has 0 radical (unpaired) electrons. The molecule has 0 aromatic rings. The van der Waals surface area contributed by atoms with Crippen LogP contribution in [-0.2, 0) is 9.59 Å². The van der Waals surface area contributed by atoms with Crippen LogP contribution in [0.4, 0.5) is 0 Å². The molecule has 0 spiro atoms. The summed E-state index contributed by atoms with van der Waals surface area (Å²) < 4.78 is 0. The SMILES string of the molecule is CC1=C(C)C(=O)C(C(C)(C)C)=C(C)C1=O. The molecule has 0 aromatic heterocycles. The van der Waals surface area contributed by atoms with Gasteiger partial charge in [0.15, 0.2) is 11.6 Å². The first kappa shape index (κ1) is 11.9. The number of carbonyl (C=O) groups is 2. The van der Waals surface area contributed by atoms with Gasteiger partial charge in [0.1, 0.15) is 0 Å². The molecule has 15 heavy (non-hydrogen) atoms. The van der Waals surface area contributed by atoms with E-state index in [1.165, 1.54) is 0 Å². The van der Waals surface area contributed by atoms with Gasteiger partial charge in [0.25, 0.3) is 0 Å². The van der Waals surface area contributed by atoms with Gasteiger partial charge in [-0.3, -0.25) is 9.59 Å². The molecule has 0 fully saturated rings. The molecule has 0 amide bonds. The lowest BCUT2D eigenvalue weighted by molar-refractivity contribution is -0.117. The Morgan fingerprint density at radius 2 is 1.13 bits per heavy atom. The quantitative estimate of drug-likeness (QED) is 0.571. The van der Waals surface area contributed by atoms with Crippen LogP contribution in [0.1, 0.15) is 41.5 Å². The Hall–Kier alpha value is -1.18. The Balaban J connectivity index is 3.43. The average Bonchev–Trinajstić information content (AvgIpc) is 2.09. The molecular formula is C13H18O2. The van der Waals surface area contributed by atoms with Crippen molar-refractivity contribution < 1.29 is 9.59 Å². The van der Waals surface area contributed by atoms with Crippen LogP contribution in [0.5, 0.6) is 0 Å². The van der Waals surface area contributed by atoms with Crippen molar-refractivity contribution in [1.29, 1.82) is 0 Å². The lowest BCUT2D eigenvalue weighted by Crippen LogP contribution is -2.28. The summed E-state index contributed by atoms with van der Waals surface area (Å²) >= 11 is 0. The summed E-state index contributed by atoms with van der Waals surface area (Å²) in [5.41, 5.74) is 2.19. The molecule has 1 aliphatic rings. The van der Waals surface area contributed by atoms with Gasteiger partial charge in [0, 0.05) is 22.3 Å². The van der Waals surface area contributed by atoms with E-state index >= 15 is 0 Å². The maximum Gasteiger partial charge on any atom is 0.186 e. The fraction of sp³-hybridized carbons (Fsp3) is 0.538. The molecule has 0 atom stereocenters. The predicted molar refractivity (Wildman–Crippen MR) is 60.5 cm³/mol. The maximum atomic E-state index is 12.1. The molecule has 0 unspecified atom stereocenters. The first-order valence-electron chi connectivity index (χ1n) is 5.16. The van der Waals surface area contributed by atoms with Gasteiger partial charge in [-0.25, -0.2) is 0 Å². The molecular weight excluding hydrogens is 188 g/mol. The number of hydrogen-bond acceptors (Lipinski definition) is 2. The number of hydrogen-bond donors (Lipinski definition) is 0. The molecule has 1 rings (SSSR count). The second-order valence-electron chi connectivity index (χ2n) is 5.16. The zero-order valence-electron chi connectivity index (χ0n) is 10.3. The molecule has 0 heterocycles. The van der Waals surface area contributed by atoms with E-state index in [1.54, 1.807) is 20.8 Å². The lowest BCUT2D eigenvalue weighted by atomic mass is 9.74. The minimum atomic E-state index is -0.265. The molecule has 0 saturated heterocycles. The minimum absolute atomic E-state index is 0.0111. The van der Waals surface area contributed by atoms with Gasteiger partial charge < -0.3 is 0 Å². The van der Waals surface area contributed by atoms with Gasteiger partial charge in [0.05, 0.1) is 0 Å². The van der Waals surface area contributed by atoms with Crippen LogP contribution in [0.2, 0.25) is 0 Å². The molecule has 2 heteroatoms. The van der Waals surface area contributed by atoms with E-state index < -0.39 is 0 Å². The number of carbonyl (C=O) groups excluding carboxylic acids is 2. The van der Waals surface area contributed by atoms with Crippen molar-refractivity contribution in [2.24, 2.45) is 5.41 Å². The van der Waals surface area contributed by atoms with E-state index in [2.05, 4.69) is 0 Å². The molecule has 0 N–H and O–H groups in total. The van der Waals surface area contributed by atoms with Gasteiger partial charge in [-0.15, -0.1) is 0 Å². The number of allylic oxidation sites excluding steroid dienone is 4. The molecule has 0 aliphatic heterocycles. The number of ketones is 2. The summed E-state index contributed by atoms with van der Waals surface area (Å²) in [4.78, 5) is 23.9. The molecule has 82 valence electrons. The van der Waals surface area contributed by atoms with Crippen LogP contribution < -0.4 is 0 Å². The summed E-state index contributed by atoms with van der Waals surface area (Å²) in [7, 11) is 0. The van der Waals surface area contributed by atoms with Gasteiger partial charge in [-0.2, -0.15) is 0 Å². The number of rotatable bonds is 0. The van der Waals surface area contributed by atoms with E-state index in [-0.39, 0.29) is 17.0 Å². The zero-order valence-corrected chi connectivity index (χ0v) is 10.3. The normalized spacial score (nSPS) is 19.1. The molecule has 1 aliphatic carbocycles. The lowest BCUT2D eigenvalue weighted by Gasteiger charge is -2.28. The zero-order chi connectivity index (χ0) is 12.0. The average molecular weight is 206 g/mol. The molecule has 0 bridgehead atoms. The van der Waals surface area contributed by atoms with E-state index in [1.807, 2.05) is 20.8 Å². The van der Waals surface area contributed by atoms with Gasteiger partial charge in [0.2, 0.25) is 0 Å². The summed E-state index contributed by atoms with van der Waals surface area (Å²) in [5.74, 6) is 0.0362. The van der Waals surface area contributed by atoms with Crippen molar-refractivity contribution >= 4 is 11.6 Å². The predicted octanol–water partition coefficient (Wildman–Crippen LogP) is 2.84. The summed E-state index contributed by atoms with van der Waals surface area (Å²) in [6.07, 6.45) is 0. The largest absolute Gasteiger partial charge is 0.289 e. The van der Waals surface area contributed by atoms with Crippen LogP contribution in [0.15, 0.2) is 22.3 Å². The van der Waals surface area contributed by atoms with Crippen LogP contribution in [0, 0.1) is 5.41 Å². The topological polar surface area (TPSA) is 34.1 Å². The van der Waals surface area contributed by atoms with Crippen molar-refractivity contribution in [3.8, 4) is 0 Å². The second kappa shape index (κ2) is 3.44. The van der Waals surface area contributed by atoms with Crippen molar-refractivity contribution in [3.63, 3.8) is 0 Å².